The zero-order valence-electron chi connectivity index (χ0n) is 15.1. The van der Waals surface area contributed by atoms with Crippen LogP contribution in [0.4, 0.5) is 13.2 Å². The molecule has 0 aromatic heterocycles. The van der Waals surface area contributed by atoms with Gasteiger partial charge in [0, 0.05) is 25.6 Å². The van der Waals surface area contributed by atoms with Crippen LogP contribution < -0.4 is 5.32 Å². The van der Waals surface area contributed by atoms with Crippen molar-refractivity contribution in [2.24, 2.45) is 5.92 Å². The molecule has 1 aliphatic heterocycles. The number of benzene rings is 1. The number of hydrogen-bond donors (Lipinski definition) is 1. The molecule has 1 aromatic carbocycles. The first-order chi connectivity index (χ1) is 12.3. The quantitative estimate of drug-likeness (QED) is 0.861. The summed E-state index contributed by atoms with van der Waals surface area (Å²) in [6, 6.07) is 4.99. The van der Waals surface area contributed by atoms with E-state index in [1.54, 1.807) is 17.9 Å². The first-order valence-electron chi connectivity index (χ1n) is 9.01. The molecule has 144 valence electrons. The van der Waals surface area contributed by atoms with E-state index < -0.39 is 17.7 Å². The largest absolute Gasteiger partial charge is 0.416 e. The van der Waals surface area contributed by atoms with Crippen molar-refractivity contribution in [3.05, 3.63) is 35.4 Å². The smallest absolute Gasteiger partial charge is 0.356 e. The normalized spacial score (nSPS) is 17.0. The van der Waals surface area contributed by atoms with Crippen LogP contribution >= 0.6 is 0 Å². The molecule has 1 unspecified atom stereocenters. The lowest BCUT2D eigenvalue weighted by Gasteiger charge is -2.33. The molecule has 7 heteroatoms. The maximum atomic E-state index is 12.9. The highest BCUT2D eigenvalue weighted by Gasteiger charge is 2.33. The van der Waals surface area contributed by atoms with E-state index in [2.05, 4.69) is 5.32 Å². The minimum Gasteiger partial charge on any atom is -0.356 e. The van der Waals surface area contributed by atoms with Crippen molar-refractivity contribution in [1.82, 2.24) is 10.2 Å². The Labute approximate surface area is 151 Å². The van der Waals surface area contributed by atoms with E-state index in [-0.39, 0.29) is 17.7 Å². The standard InChI is InChI=1S/C19H25F3N2O2/c1-3-16(14-6-5-7-15(12-14)19(20,21)22)18(26)24-10-8-13(9-11-24)17(25)23-4-2/h5-7,12-13,16H,3-4,8-11H2,1-2H3,(H,23,25). The van der Waals surface area contributed by atoms with E-state index in [9.17, 15) is 22.8 Å². The molecular weight excluding hydrogens is 345 g/mol. The number of halogens is 3. The van der Waals surface area contributed by atoms with E-state index in [4.69, 9.17) is 0 Å². The van der Waals surface area contributed by atoms with Gasteiger partial charge in [-0.1, -0.05) is 25.1 Å². The summed E-state index contributed by atoms with van der Waals surface area (Å²) in [4.78, 5) is 26.4. The fourth-order valence-electron chi connectivity index (χ4n) is 3.39. The van der Waals surface area contributed by atoms with Crippen LogP contribution in [0.25, 0.3) is 0 Å². The molecule has 0 bridgehead atoms. The highest BCUT2D eigenvalue weighted by Crippen LogP contribution is 2.33. The van der Waals surface area contributed by atoms with Crippen molar-refractivity contribution < 1.29 is 22.8 Å². The molecule has 0 saturated carbocycles. The van der Waals surface area contributed by atoms with Crippen molar-refractivity contribution >= 4 is 11.8 Å². The Balaban J connectivity index is 2.07. The molecule has 2 rings (SSSR count). The summed E-state index contributed by atoms with van der Waals surface area (Å²) in [6.07, 6.45) is -2.84. The van der Waals surface area contributed by atoms with Crippen molar-refractivity contribution in [3.63, 3.8) is 0 Å². The molecule has 2 amide bonds. The van der Waals surface area contributed by atoms with Gasteiger partial charge in [-0.15, -0.1) is 0 Å². The van der Waals surface area contributed by atoms with Gasteiger partial charge in [-0.2, -0.15) is 13.2 Å². The maximum absolute atomic E-state index is 12.9. The van der Waals surface area contributed by atoms with Gasteiger partial charge in [-0.05, 0) is 37.8 Å². The highest BCUT2D eigenvalue weighted by atomic mass is 19.4. The van der Waals surface area contributed by atoms with Crippen molar-refractivity contribution in [1.29, 1.82) is 0 Å². The zero-order valence-corrected chi connectivity index (χ0v) is 15.1. The van der Waals surface area contributed by atoms with Crippen LogP contribution in [0.2, 0.25) is 0 Å². The van der Waals surface area contributed by atoms with Gasteiger partial charge < -0.3 is 10.2 Å². The molecule has 1 aliphatic rings. The number of amides is 2. The topological polar surface area (TPSA) is 49.4 Å². The fraction of sp³-hybridized carbons (Fsp3) is 0.579. The fourth-order valence-corrected chi connectivity index (χ4v) is 3.39. The summed E-state index contributed by atoms with van der Waals surface area (Å²) >= 11 is 0. The van der Waals surface area contributed by atoms with Crippen LogP contribution in [0.5, 0.6) is 0 Å². The summed E-state index contributed by atoms with van der Waals surface area (Å²) in [5.74, 6) is -0.864. The minimum atomic E-state index is -4.43. The first-order valence-corrected chi connectivity index (χ1v) is 9.01. The Kier molecular flexibility index (Phi) is 6.67. The molecule has 1 saturated heterocycles. The molecular formula is C19H25F3N2O2. The Hall–Kier alpha value is -2.05. The summed E-state index contributed by atoms with van der Waals surface area (Å²) in [5, 5.41) is 2.79. The Morgan fingerprint density at radius 2 is 1.88 bits per heavy atom. The van der Waals surface area contributed by atoms with Gasteiger partial charge in [-0.25, -0.2) is 0 Å². The van der Waals surface area contributed by atoms with Crippen molar-refractivity contribution in [3.8, 4) is 0 Å². The molecule has 0 spiro atoms. The number of rotatable bonds is 5. The summed E-state index contributed by atoms with van der Waals surface area (Å²) in [7, 11) is 0. The molecule has 0 radical (unpaired) electrons. The Bertz CT molecular complexity index is 638. The lowest BCUT2D eigenvalue weighted by molar-refractivity contribution is -0.138. The lowest BCUT2D eigenvalue weighted by atomic mass is 9.90. The summed E-state index contributed by atoms with van der Waals surface area (Å²) in [5.41, 5.74) is -0.352. The van der Waals surface area contributed by atoms with Crippen LogP contribution in [0.3, 0.4) is 0 Å². The third-order valence-corrected chi connectivity index (χ3v) is 4.85. The number of alkyl halides is 3. The predicted octanol–water partition coefficient (Wildman–Crippen LogP) is 3.57. The second-order valence-corrected chi connectivity index (χ2v) is 6.58. The molecule has 1 heterocycles. The van der Waals surface area contributed by atoms with E-state index in [1.165, 1.54) is 6.07 Å². The number of piperidine rings is 1. The maximum Gasteiger partial charge on any atom is 0.416 e. The summed E-state index contributed by atoms with van der Waals surface area (Å²) in [6.45, 7) is 5.14. The Morgan fingerprint density at radius 1 is 1.23 bits per heavy atom. The van der Waals surface area contributed by atoms with E-state index in [0.29, 0.717) is 44.5 Å². The second-order valence-electron chi connectivity index (χ2n) is 6.58. The SMILES string of the molecule is CCNC(=O)C1CCN(C(=O)C(CC)c2cccc(C(F)(F)F)c2)CC1. The van der Waals surface area contributed by atoms with Gasteiger partial charge in [0.05, 0.1) is 11.5 Å². The first kappa shape index (κ1) is 20.3. The number of nitrogens with zero attached hydrogens (tertiary/aromatic N) is 1. The molecule has 1 fully saturated rings. The Morgan fingerprint density at radius 3 is 2.42 bits per heavy atom. The summed E-state index contributed by atoms with van der Waals surface area (Å²) < 4.78 is 38.8. The third kappa shape index (κ3) is 4.77. The number of carbonyl (C=O) groups excluding carboxylic acids is 2. The second kappa shape index (κ2) is 8.56. The van der Waals surface area contributed by atoms with Crippen LogP contribution in [0.1, 0.15) is 50.2 Å². The predicted molar refractivity (Wildman–Crippen MR) is 92.5 cm³/mol. The van der Waals surface area contributed by atoms with Gasteiger partial charge >= 0.3 is 6.18 Å². The van der Waals surface area contributed by atoms with Gasteiger partial charge in [0.25, 0.3) is 0 Å². The van der Waals surface area contributed by atoms with Gasteiger partial charge in [0.1, 0.15) is 0 Å². The van der Waals surface area contributed by atoms with Crippen molar-refractivity contribution in [2.45, 2.75) is 45.2 Å². The molecule has 0 aliphatic carbocycles. The molecule has 1 N–H and O–H groups in total. The number of hydrogen-bond acceptors (Lipinski definition) is 2. The number of carbonyl (C=O) groups is 2. The van der Waals surface area contributed by atoms with E-state index >= 15 is 0 Å². The monoisotopic (exact) mass is 370 g/mol. The average molecular weight is 370 g/mol. The zero-order chi connectivity index (χ0) is 19.3. The van der Waals surface area contributed by atoms with Gasteiger partial charge in [-0.3, -0.25) is 9.59 Å². The third-order valence-electron chi connectivity index (χ3n) is 4.85. The lowest BCUT2D eigenvalue weighted by Crippen LogP contribution is -2.44. The van der Waals surface area contributed by atoms with Crippen molar-refractivity contribution in [2.75, 3.05) is 19.6 Å². The van der Waals surface area contributed by atoms with Crippen LogP contribution in [0.15, 0.2) is 24.3 Å². The number of likely N-dealkylation sites (tertiary alicyclic amines) is 1. The van der Waals surface area contributed by atoms with E-state index in [1.807, 2.05) is 6.92 Å². The molecule has 4 nitrogen and oxygen atoms in total. The van der Waals surface area contributed by atoms with Gasteiger partial charge in [0.2, 0.25) is 11.8 Å². The van der Waals surface area contributed by atoms with Crippen LogP contribution in [-0.2, 0) is 15.8 Å². The van der Waals surface area contributed by atoms with Gasteiger partial charge in [0.15, 0.2) is 0 Å². The highest BCUT2D eigenvalue weighted by molar-refractivity contribution is 5.84. The molecule has 26 heavy (non-hydrogen) atoms. The average Bonchev–Trinajstić information content (AvgIpc) is 2.62. The minimum absolute atomic E-state index is 0.00418. The molecule has 1 aromatic rings. The number of nitrogens with one attached hydrogen (secondary N) is 1. The van der Waals surface area contributed by atoms with Crippen LogP contribution in [0, 0.1) is 5.92 Å². The van der Waals surface area contributed by atoms with Crippen LogP contribution in [-0.4, -0.2) is 36.3 Å². The molecule has 1 atom stereocenters. The van der Waals surface area contributed by atoms with E-state index in [0.717, 1.165) is 12.1 Å².